The number of hydrogen-bond donors (Lipinski definition) is 2. The van der Waals surface area contributed by atoms with Crippen LogP contribution in [0.5, 0.6) is 0 Å². The summed E-state index contributed by atoms with van der Waals surface area (Å²) in [5.74, 6) is -0.116. The molecule has 0 aromatic rings. The van der Waals surface area contributed by atoms with Crippen LogP contribution in [0.1, 0.15) is 155 Å². The number of carbonyl (C=O) groups excluding carboxylic acids is 1. The van der Waals surface area contributed by atoms with Gasteiger partial charge in [0.25, 0.3) is 0 Å². The first-order valence-corrected chi connectivity index (χ1v) is 17.1. The lowest BCUT2D eigenvalue weighted by molar-refractivity contribution is -0.136. The van der Waals surface area contributed by atoms with Gasteiger partial charge in [-0.2, -0.15) is 0 Å². The van der Waals surface area contributed by atoms with Crippen LogP contribution in [0.2, 0.25) is 0 Å². The summed E-state index contributed by atoms with van der Waals surface area (Å²) in [6.45, 7) is 2.70. The Balaban J connectivity index is 1.12. The van der Waals surface area contributed by atoms with Gasteiger partial charge in [0.05, 0.1) is 36.6 Å². The predicted octanol–water partition coefficient (Wildman–Crippen LogP) is 7.72. The van der Waals surface area contributed by atoms with Crippen molar-refractivity contribution in [1.82, 2.24) is 0 Å². The SMILES string of the molecule is CCCCCCCC[C@H](O)[C@H]1CC[C@H]([C@H]2CC[C@H]([C@H](O)CCCCCCCCCCCCC3=CCOC3=O)O2)O1. The van der Waals surface area contributed by atoms with E-state index >= 15 is 0 Å². The van der Waals surface area contributed by atoms with Gasteiger partial charge in [-0.25, -0.2) is 4.79 Å². The summed E-state index contributed by atoms with van der Waals surface area (Å²) >= 11 is 0. The molecule has 0 spiro atoms. The number of ether oxygens (including phenoxy) is 3. The van der Waals surface area contributed by atoms with E-state index in [2.05, 4.69) is 6.92 Å². The highest BCUT2D eigenvalue weighted by Gasteiger charge is 2.40. The van der Waals surface area contributed by atoms with Gasteiger partial charge in [-0.05, 0) is 57.4 Å². The standard InChI is InChI=1S/C34H60O6/c1-2-3-4-5-13-16-19-28(35)30-21-23-32(39-30)33-24-22-31(40-33)29(36)20-17-14-11-9-7-6-8-10-12-15-18-27-25-26-38-34(27)37/h25,28-33,35-36H,2-24,26H2,1H3/t28-,29+,30+,31+,32+,33+/m0/s1. The Kier molecular flexibility index (Phi) is 16.8. The van der Waals surface area contributed by atoms with E-state index in [1.54, 1.807) is 0 Å². The molecule has 6 heteroatoms. The van der Waals surface area contributed by atoms with Crippen molar-refractivity contribution in [2.45, 2.75) is 191 Å². The monoisotopic (exact) mass is 564 g/mol. The van der Waals surface area contributed by atoms with Gasteiger partial charge < -0.3 is 24.4 Å². The second kappa shape index (κ2) is 20.0. The molecule has 3 aliphatic heterocycles. The van der Waals surface area contributed by atoms with E-state index in [9.17, 15) is 15.0 Å². The molecule has 40 heavy (non-hydrogen) atoms. The molecule has 0 unspecified atom stereocenters. The fraction of sp³-hybridized carbons (Fsp3) is 0.912. The van der Waals surface area contributed by atoms with Crippen LogP contribution >= 0.6 is 0 Å². The van der Waals surface area contributed by atoms with Gasteiger partial charge in [-0.15, -0.1) is 0 Å². The van der Waals surface area contributed by atoms with Crippen molar-refractivity contribution < 1.29 is 29.2 Å². The van der Waals surface area contributed by atoms with Crippen molar-refractivity contribution >= 4 is 5.97 Å². The van der Waals surface area contributed by atoms with E-state index in [4.69, 9.17) is 14.2 Å². The van der Waals surface area contributed by atoms with Crippen molar-refractivity contribution in [2.75, 3.05) is 6.61 Å². The Morgan fingerprint density at radius 2 is 1.12 bits per heavy atom. The highest BCUT2D eigenvalue weighted by Crippen LogP contribution is 2.34. The molecule has 6 atom stereocenters. The molecule has 2 fully saturated rings. The zero-order chi connectivity index (χ0) is 28.4. The molecule has 0 saturated carbocycles. The number of aliphatic hydroxyl groups excluding tert-OH is 2. The van der Waals surface area contributed by atoms with Gasteiger partial charge in [0.15, 0.2) is 0 Å². The molecular formula is C34H60O6. The maximum Gasteiger partial charge on any atom is 0.334 e. The molecule has 0 aromatic carbocycles. The molecule has 0 aliphatic carbocycles. The smallest absolute Gasteiger partial charge is 0.334 e. The predicted molar refractivity (Wildman–Crippen MR) is 160 cm³/mol. The van der Waals surface area contributed by atoms with Gasteiger partial charge >= 0.3 is 5.97 Å². The third-order valence-corrected chi connectivity index (χ3v) is 9.30. The van der Waals surface area contributed by atoms with Crippen molar-refractivity contribution in [2.24, 2.45) is 0 Å². The van der Waals surface area contributed by atoms with Crippen LogP contribution in [-0.2, 0) is 19.0 Å². The summed E-state index contributed by atoms with van der Waals surface area (Å²) in [7, 11) is 0. The third kappa shape index (κ3) is 12.5. The summed E-state index contributed by atoms with van der Waals surface area (Å²) in [5.41, 5.74) is 0.871. The average molecular weight is 565 g/mol. The van der Waals surface area contributed by atoms with Crippen LogP contribution in [0.3, 0.4) is 0 Å². The number of esters is 1. The van der Waals surface area contributed by atoms with Crippen LogP contribution in [0.4, 0.5) is 0 Å². The molecule has 3 heterocycles. The Bertz CT molecular complexity index is 709. The maximum atomic E-state index is 11.4. The second-order valence-corrected chi connectivity index (χ2v) is 12.7. The van der Waals surface area contributed by atoms with Crippen LogP contribution in [0.25, 0.3) is 0 Å². The molecule has 3 rings (SSSR count). The van der Waals surface area contributed by atoms with E-state index in [0.29, 0.717) is 6.61 Å². The number of cyclic esters (lactones) is 1. The van der Waals surface area contributed by atoms with Gasteiger partial charge in [-0.3, -0.25) is 0 Å². The molecule has 0 radical (unpaired) electrons. The fourth-order valence-electron chi connectivity index (χ4n) is 6.68. The maximum absolute atomic E-state index is 11.4. The van der Waals surface area contributed by atoms with E-state index in [0.717, 1.165) is 69.8 Å². The van der Waals surface area contributed by atoms with Crippen molar-refractivity contribution in [3.8, 4) is 0 Å². The number of aliphatic hydroxyl groups is 2. The normalized spacial score (nSPS) is 26.3. The molecule has 0 aromatic heterocycles. The molecule has 0 amide bonds. The second-order valence-electron chi connectivity index (χ2n) is 12.7. The van der Waals surface area contributed by atoms with Gasteiger partial charge in [0.1, 0.15) is 6.61 Å². The molecule has 6 nitrogen and oxygen atoms in total. The summed E-state index contributed by atoms with van der Waals surface area (Å²) in [6.07, 6.45) is 27.2. The van der Waals surface area contributed by atoms with E-state index in [1.165, 1.54) is 83.5 Å². The summed E-state index contributed by atoms with van der Waals surface area (Å²) in [4.78, 5) is 11.4. The van der Waals surface area contributed by atoms with Crippen LogP contribution in [0, 0.1) is 0 Å². The Morgan fingerprint density at radius 1 is 0.675 bits per heavy atom. The quantitative estimate of drug-likeness (QED) is 0.0976. The number of carbonyl (C=O) groups is 1. The summed E-state index contributed by atoms with van der Waals surface area (Å²) in [5, 5.41) is 21.3. The van der Waals surface area contributed by atoms with E-state index in [1.807, 2.05) is 6.08 Å². The number of rotatable bonds is 23. The minimum Gasteiger partial charge on any atom is -0.458 e. The van der Waals surface area contributed by atoms with Crippen LogP contribution < -0.4 is 0 Å². The molecular weight excluding hydrogens is 504 g/mol. The zero-order valence-corrected chi connectivity index (χ0v) is 25.5. The zero-order valence-electron chi connectivity index (χ0n) is 25.5. The van der Waals surface area contributed by atoms with Gasteiger partial charge in [-0.1, -0.05) is 103 Å². The first-order chi connectivity index (χ1) is 19.6. The minimum atomic E-state index is -0.373. The molecule has 2 saturated heterocycles. The average Bonchev–Trinajstić information content (AvgIpc) is 3.72. The van der Waals surface area contributed by atoms with Crippen molar-refractivity contribution in [3.63, 3.8) is 0 Å². The topological polar surface area (TPSA) is 85.2 Å². The first-order valence-electron chi connectivity index (χ1n) is 17.1. The molecule has 232 valence electrons. The lowest BCUT2D eigenvalue weighted by Gasteiger charge is -2.24. The van der Waals surface area contributed by atoms with Crippen LogP contribution in [0.15, 0.2) is 11.6 Å². The highest BCUT2D eigenvalue weighted by atomic mass is 16.6. The lowest BCUT2D eigenvalue weighted by atomic mass is 10.0. The van der Waals surface area contributed by atoms with Gasteiger partial charge in [0.2, 0.25) is 0 Å². The Morgan fingerprint density at radius 3 is 1.57 bits per heavy atom. The summed E-state index contributed by atoms with van der Waals surface area (Å²) in [6, 6.07) is 0. The molecule has 2 N–H and O–H groups in total. The summed E-state index contributed by atoms with van der Waals surface area (Å²) < 4.78 is 17.5. The largest absolute Gasteiger partial charge is 0.458 e. The van der Waals surface area contributed by atoms with Crippen molar-refractivity contribution in [1.29, 1.82) is 0 Å². The Labute approximate surface area is 244 Å². The fourth-order valence-corrected chi connectivity index (χ4v) is 6.68. The van der Waals surface area contributed by atoms with E-state index in [-0.39, 0.29) is 42.6 Å². The lowest BCUT2D eigenvalue weighted by Crippen LogP contribution is -2.33. The first kappa shape index (κ1) is 33.6. The van der Waals surface area contributed by atoms with Crippen LogP contribution in [-0.4, -0.2) is 59.4 Å². The van der Waals surface area contributed by atoms with Gasteiger partial charge in [0, 0.05) is 5.57 Å². The molecule has 3 aliphatic rings. The number of unbranched alkanes of at least 4 members (excludes halogenated alkanes) is 14. The third-order valence-electron chi connectivity index (χ3n) is 9.30. The minimum absolute atomic E-state index is 0.0462. The van der Waals surface area contributed by atoms with E-state index < -0.39 is 0 Å². The number of hydrogen-bond acceptors (Lipinski definition) is 6. The molecule has 0 bridgehead atoms. The van der Waals surface area contributed by atoms with Crippen molar-refractivity contribution in [3.05, 3.63) is 11.6 Å². The highest BCUT2D eigenvalue weighted by molar-refractivity contribution is 5.90. The Hall–Kier alpha value is -0.950.